The Bertz CT molecular complexity index is 1600. The molecule has 1 saturated carbocycles. The number of pyridine rings is 1. The molecule has 3 heterocycles. The molecule has 0 spiro atoms. The molecule has 10 heteroatoms. The van der Waals surface area contributed by atoms with E-state index in [-0.39, 0.29) is 33.7 Å². The van der Waals surface area contributed by atoms with Gasteiger partial charge in [-0.05, 0) is 86.7 Å². The summed E-state index contributed by atoms with van der Waals surface area (Å²) < 4.78 is 25.8. The molecular formula is C35H42N6O3S. The average Bonchev–Trinajstić information content (AvgIpc) is 3.53. The Morgan fingerprint density at radius 1 is 0.956 bits per heavy atom. The number of urea groups is 1. The molecule has 236 valence electrons. The highest BCUT2D eigenvalue weighted by atomic mass is 32.2. The first-order chi connectivity index (χ1) is 21.8. The average molecular weight is 627 g/mol. The predicted molar refractivity (Wildman–Crippen MR) is 173 cm³/mol. The highest BCUT2D eigenvalue weighted by Gasteiger charge is 2.52. The molecule has 9 nitrogen and oxygen atoms in total. The van der Waals surface area contributed by atoms with Crippen LogP contribution in [0.15, 0.2) is 88.9 Å². The van der Waals surface area contributed by atoms with Crippen LogP contribution < -0.4 is 15.5 Å². The number of carbonyl (C=O) groups excluding carboxylic acids is 1. The van der Waals surface area contributed by atoms with Gasteiger partial charge in [0.25, 0.3) is 0 Å². The zero-order valence-electron chi connectivity index (χ0n) is 25.8. The Hall–Kier alpha value is -3.94. The van der Waals surface area contributed by atoms with E-state index < -0.39 is 15.3 Å². The number of hydrogen-bond donors (Lipinski definition) is 2. The lowest BCUT2D eigenvalue weighted by Gasteiger charge is -2.48. The van der Waals surface area contributed by atoms with Crippen LogP contribution in [0.4, 0.5) is 10.5 Å². The molecule has 3 atom stereocenters. The van der Waals surface area contributed by atoms with E-state index in [0.717, 1.165) is 76.1 Å². The monoisotopic (exact) mass is 626 g/mol. The number of likely N-dealkylation sites (tertiary alicyclic amines) is 1. The Morgan fingerprint density at radius 2 is 1.62 bits per heavy atom. The number of anilines is 1. The maximum absolute atomic E-state index is 12.9. The molecule has 2 N–H and O–H groups in total. The maximum Gasteiger partial charge on any atom is 0.314 e. The highest BCUT2D eigenvalue weighted by Crippen LogP contribution is 2.50. The van der Waals surface area contributed by atoms with Crippen molar-refractivity contribution >= 4 is 21.6 Å². The van der Waals surface area contributed by atoms with Crippen LogP contribution in [0, 0.1) is 29.1 Å². The van der Waals surface area contributed by atoms with E-state index in [1.807, 2.05) is 30.3 Å². The van der Waals surface area contributed by atoms with Crippen LogP contribution in [0.25, 0.3) is 0 Å². The quantitative estimate of drug-likeness (QED) is 0.356. The first-order valence-electron chi connectivity index (χ1n) is 16.0. The van der Waals surface area contributed by atoms with Gasteiger partial charge in [-0.2, -0.15) is 5.26 Å². The lowest BCUT2D eigenvalue weighted by molar-refractivity contribution is 0.0965. The smallest absolute Gasteiger partial charge is 0.314 e. The molecule has 1 unspecified atom stereocenters. The molecule has 2 saturated heterocycles. The number of nitrogens with zero attached hydrogens (tertiary/aromatic N) is 4. The van der Waals surface area contributed by atoms with Crippen molar-refractivity contribution in [2.75, 3.05) is 44.7 Å². The van der Waals surface area contributed by atoms with Crippen molar-refractivity contribution < 1.29 is 13.2 Å². The Kier molecular flexibility index (Phi) is 9.11. The van der Waals surface area contributed by atoms with Crippen molar-refractivity contribution in [3.63, 3.8) is 0 Å². The molecule has 1 aliphatic carbocycles. The van der Waals surface area contributed by atoms with Crippen molar-refractivity contribution in [1.82, 2.24) is 20.5 Å². The van der Waals surface area contributed by atoms with Crippen molar-refractivity contribution in [3.05, 3.63) is 84.7 Å². The SMILES string of the molecule is CNC(=O)N[C@H]1CCC[C@@H]1C(C#N)(c1ccccc1)C1CCN(CC2CN(c3ccc(S(=O)(=O)c4ccncc4)cc3)C2)CC1. The molecule has 6 rings (SSSR count). The minimum atomic E-state index is -3.56. The fourth-order valence-electron chi connectivity index (χ4n) is 7.95. The fraction of sp³-hybridized carbons (Fsp3) is 0.457. The molecule has 3 aliphatic rings. The topological polar surface area (TPSA) is 118 Å². The number of aromatic nitrogens is 1. The van der Waals surface area contributed by atoms with Gasteiger partial charge in [0, 0.05) is 62.6 Å². The molecule has 2 aliphatic heterocycles. The van der Waals surface area contributed by atoms with Gasteiger partial charge in [0.1, 0.15) is 0 Å². The molecule has 1 aromatic heterocycles. The molecule has 2 amide bonds. The lowest BCUT2D eigenvalue weighted by Crippen LogP contribution is -2.55. The van der Waals surface area contributed by atoms with Gasteiger partial charge in [0.05, 0.1) is 21.3 Å². The summed E-state index contributed by atoms with van der Waals surface area (Å²) in [5.74, 6) is 0.843. The number of piperidine rings is 1. The fourth-order valence-corrected chi connectivity index (χ4v) is 9.19. The van der Waals surface area contributed by atoms with Crippen LogP contribution in [-0.4, -0.2) is 70.1 Å². The number of rotatable bonds is 9. The van der Waals surface area contributed by atoms with Gasteiger partial charge in [-0.1, -0.05) is 36.8 Å². The van der Waals surface area contributed by atoms with Crippen LogP contribution in [0.1, 0.15) is 37.7 Å². The summed E-state index contributed by atoms with van der Waals surface area (Å²) in [6.07, 6.45) is 7.73. The Labute approximate surface area is 266 Å². The number of nitriles is 1. The number of sulfone groups is 1. The molecule has 3 fully saturated rings. The van der Waals surface area contributed by atoms with Gasteiger partial charge in [0.2, 0.25) is 9.84 Å². The zero-order chi connectivity index (χ0) is 31.4. The van der Waals surface area contributed by atoms with Crippen molar-refractivity contribution in [2.45, 2.75) is 53.4 Å². The molecule has 0 radical (unpaired) electrons. The third kappa shape index (κ3) is 6.16. The van der Waals surface area contributed by atoms with Crippen molar-refractivity contribution in [2.24, 2.45) is 17.8 Å². The summed E-state index contributed by atoms with van der Waals surface area (Å²) in [7, 11) is -1.92. The summed E-state index contributed by atoms with van der Waals surface area (Å²) in [6, 6.07) is 23.1. The van der Waals surface area contributed by atoms with Crippen molar-refractivity contribution in [1.29, 1.82) is 5.26 Å². The number of hydrogen-bond acceptors (Lipinski definition) is 7. The van der Waals surface area contributed by atoms with Crippen molar-refractivity contribution in [3.8, 4) is 6.07 Å². The molecule has 45 heavy (non-hydrogen) atoms. The van der Waals surface area contributed by atoms with E-state index in [9.17, 15) is 18.5 Å². The Morgan fingerprint density at radius 3 is 2.27 bits per heavy atom. The van der Waals surface area contributed by atoms with Gasteiger partial charge in [-0.3, -0.25) is 4.98 Å². The first kappa shape index (κ1) is 31.1. The van der Waals surface area contributed by atoms with Gasteiger partial charge in [-0.25, -0.2) is 13.2 Å². The first-order valence-corrected chi connectivity index (χ1v) is 17.5. The van der Waals surface area contributed by atoms with E-state index >= 15 is 0 Å². The zero-order valence-corrected chi connectivity index (χ0v) is 26.6. The van der Waals surface area contributed by atoms with E-state index in [2.05, 4.69) is 43.6 Å². The molecule has 0 bridgehead atoms. The van der Waals surface area contributed by atoms with Crippen LogP contribution in [0.3, 0.4) is 0 Å². The lowest BCUT2D eigenvalue weighted by atomic mass is 9.59. The normalized spacial score (nSPS) is 22.6. The van der Waals surface area contributed by atoms with Crippen LogP contribution in [-0.2, 0) is 15.3 Å². The summed E-state index contributed by atoms with van der Waals surface area (Å²) >= 11 is 0. The predicted octanol–water partition coefficient (Wildman–Crippen LogP) is 4.62. The molecule has 2 aromatic carbocycles. The third-order valence-electron chi connectivity index (χ3n) is 10.3. The van der Waals surface area contributed by atoms with Crippen LogP contribution >= 0.6 is 0 Å². The second kappa shape index (κ2) is 13.2. The van der Waals surface area contributed by atoms with Gasteiger partial charge in [-0.15, -0.1) is 0 Å². The summed E-state index contributed by atoms with van der Waals surface area (Å²) in [6.45, 7) is 4.82. The second-order valence-corrected chi connectivity index (χ2v) is 14.7. The van der Waals surface area contributed by atoms with Crippen LogP contribution in [0.5, 0.6) is 0 Å². The molecule has 3 aromatic rings. The van der Waals surface area contributed by atoms with Crippen LogP contribution in [0.2, 0.25) is 0 Å². The van der Waals surface area contributed by atoms with Gasteiger partial charge < -0.3 is 20.4 Å². The number of amides is 2. The number of carbonyl (C=O) groups is 1. The number of benzene rings is 2. The maximum atomic E-state index is 12.9. The van der Waals surface area contributed by atoms with Gasteiger partial charge in [0.15, 0.2) is 0 Å². The van der Waals surface area contributed by atoms with E-state index in [1.165, 1.54) is 24.5 Å². The third-order valence-corrected chi connectivity index (χ3v) is 12.0. The minimum absolute atomic E-state index is 0.0198. The number of nitrogens with one attached hydrogen (secondary N) is 2. The standard InChI is InChI=1S/C35H42N6O3S/c1-37-34(42)39-33-9-5-8-32(33)35(25-36,27-6-3-2-4-7-27)28-16-20-40(21-17-28)22-26-23-41(24-26)29-10-12-30(13-11-29)45(43,44)31-14-18-38-19-15-31/h2-4,6-7,10-15,18-19,26,28,32-33H,5,8-9,16-17,20-24H2,1H3,(H2,37,39,42)/t32-,33-,35?/m0/s1. The Balaban J connectivity index is 1.07. The van der Waals surface area contributed by atoms with E-state index in [1.54, 1.807) is 19.2 Å². The van der Waals surface area contributed by atoms with Gasteiger partial charge >= 0.3 is 6.03 Å². The largest absolute Gasteiger partial charge is 0.371 e. The van der Waals surface area contributed by atoms with E-state index in [0.29, 0.717) is 5.92 Å². The molecular weight excluding hydrogens is 584 g/mol. The summed E-state index contributed by atoms with van der Waals surface area (Å²) in [5, 5.41) is 16.8. The summed E-state index contributed by atoms with van der Waals surface area (Å²) in [5.41, 5.74) is 1.48. The minimum Gasteiger partial charge on any atom is -0.371 e. The van der Waals surface area contributed by atoms with E-state index in [4.69, 9.17) is 0 Å². The second-order valence-electron chi connectivity index (χ2n) is 12.7. The highest BCUT2D eigenvalue weighted by molar-refractivity contribution is 7.91. The summed E-state index contributed by atoms with van der Waals surface area (Å²) in [4.78, 5) is 21.6.